The zero-order valence-corrected chi connectivity index (χ0v) is 11.4. The lowest BCUT2D eigenvalue weighted by molar-refractivity contribution is 0.441. The summed E-state index contributed by atoms with van der Waals surface area (Å²) in [4.78, 5) is 0. The number of phenolic OH excluding ortho intramolecular Hbond substituents is 1. The Balaban J connectivity index is 2.20. The summed E-state index contributed by atoms with van der Waals surface area (Å²) < 4.78 is 0. The highest BCUT2D eigenvalue weighted by Gasteiger charge is 2.50. The Morgan fingerprint density at radius 2 is 1.83 bits per heavy atom. The van der Waals surface area contributed by atoms with Crippen LogP contribution in [0.2, 0.25) is 0 Å². The number of aryl methyl sites for hydroxylation is 1. The molecule has 0 heterocycles. The molecule has 1 aromatic carbocycles. The molecule has 2 aliphatic carbocycles. The zero-order valence-electron chi connectivity index (χ0n) is 11.4. The molecule has 0 saturated heterocycles. The summed E-state index contributed by atoms with van der Waals surface area (Å²) in [6, 6.07) is 2.10. The van der Waals surface area contributed by atoms with Crippen LogP contribution < -0.4 is 5.73 Å². The number of nitrogens with two attached hydrogens (primary N) is 1. The van der Waals surface area contributed by atoms with Crippen molar-refractivity contribution in [2.75, 3.05) is 0 Å². The molecule has 2 nitrogen and oxygen atoms in total. The fraction of sp³-hybridized carbons (Fsp3) is 0.625. The van der Waals surface area contributed by atoms with Gasteiger partial charge in [0, 0.05) is 17.0 Å². The summed E-state index contributed by atoms with van der Waals surface area (Å²) in [7, 11) is 0. The Kier molecular flexibility index (Phi) is 2.67. The summed E-state index contributed by atoms with van der Waals surface area (Å²) in [5.74, 6) is 0.489. The lowest BCUT2D eigenvalue weighted by atomic mass is 9.77. The summed E-state index contributed by atoms with van der Waals surface area (Å²) in [5.41, 5.74) is 11.6. The third-order valence-corrected chi connectivity index (χ3v) is 5.01. The van der Waals surface area contributed by atoms with Crippen molar-refractivity contribution in [2.24, 2.45) is 5.73 Å². The van der Waals surface area contributed by atoms with Crippen LogP contribution in [0.3, 0.4) is 0 Å². The summed E-state index contributed by atoms with van der Waals surface area (Å²) in [5, 5.41) is 10.4. The molecular weight excluding hydrogens is 222 g/mol. The van der Waals surface area contributed by atoms with Crippen molar-refractivity contribution in [2.45, 2.75) is 63.8 Å². The SMILES string of the molecule is Cc1cc(O)c(C2(C(C)N)CC2)c2c1CCCC2. The van der Waals surface area contributed by atoms with Gasteiger partial charge in [0.2, 0.25) is 0 Å². The Hall–Kier alpha value is -1.02. The molecule has 0 amide bonds. The van der Waals surface area contributed by atoms with E-state index in [1.807, 2.05) is 6.07 Å². The van der Waals surface area contributed by atoms with E-state index in [1.54, 1.807) is 0 Å². The molecule has 0 spiro atoms. The van der Waals surface area contributed by atoms with Crippen molar-refractivity contribution in [3.63, 3.8) is 0 Å². The maximum atomic E-state index is 10.4. The smallest absolute Gasteiger partial charge is 0.119 e. The van der Waals surface area contributed by atoms with Crippen LogP contribution in [0.15, 0.2) is 6.07 Å². The van der Waals surface area contributed by atoms with Crippen molar-refractivity contribution in [1.82, 2.24) is 0 Å². The van der Waals surface area contributed by atoms with Gasteiger partial charge in [0.25, 0.3) is 0 Å². The zero-order chi connectivity index (χ0) is 12.9. The lowest BCUT2D eigenvalue weighted by Crippen LogP contribution is -2.33. The molecule has 0 aromatic heterocycles. The predicted molar refractivity (Wildman–Crippen MR) is 74.0 cm³/mol. The first kappa shape index (κ1) is 12.0. The molecule has 0 aliphatic heterocycles. The van der Waals surface area contributed by atoms with Crippen LogP contribution in [0.5, 0.6) is 5.75 Å². The fourth-order valence-electron chi connectivity index (χ4n) is 3.76. The first-order chi connectivity index (χ1) is 8.56. The van der Waals surface area contributed by atoms with Gasteiger partial charge in [0.05, 0.1) is 0 Å². The van der Waals surface area contributed by atoms with Crippen LogP contribution in [-0.4, -0.2) is 11.1 Å². The van der Waals surface area contributed by atoms with E-state index in [0.717, 1.165) is 19.3 Å². The standard InChI is InChI=1S/C16H23NO/c1-10-9-14(18)15(16(7-8-16)11(2)17)13-6-4-3-5-12(10)13/h9,11,18H,3-8,17H2,1-2H3. The van der Waals surface area contributed by atoms with E-state index in [9.17, 15) is 5.11 Å². The number of aromatic hydroxyl groups is 1. The fourth-order valence-corrected chi connectivity index (χ4v) is 3.76. The molecule has 3 N–H and O–H groups in total. The van der Waals surface area contributed by atoms with Gasteiger partial charge in [-0.25, -0.2) is 0 Å². The van der Waals surface area contributed by atoms with Gasteiger partial charge in [-0.05, 0) is 75.1 Å². The van der Waals surface area contributed by atoms with Crippen LogP contribution in [0.25, 0.3) is 0 Å². The van der Waals surface area contributed by atoms with Crippen LogP contribution >= 0.6 is 0 Å². The molecule has 2 heteroatoms. The molecule has 1 atom stereocenters. The van der Waals surface area contributed by atoms with Gasteiger partial charge in [-0.3, -0.25) is 0 Å². The van der Waals surface area contributed by atoms with Crippen LogP contribution in [0.1, 0.15) is 54.9 Å². The topological polar surface area (TPSA) is 46.2 Å². The Labute approximate surface area is 109 Å². The average Bonchev–Trinajstić information content (AvgIpc) is 3.10. The van der Waals surface area contributed by atoms with E-state index in [2.05, 4.69) is 13.8 Å². The second-order valence-electron chi connectivity index (χ2n) is 6.20. The molecule has 1 saturated carbocycles. The molecule has 1 fully saturated rings. The highest BCUT2D eigenvalue weighted by molar-refractivity contribution is 5.56. The second-order valence-corrected chi connectivity index (χ2v) is 6.20. The van der Waals surface area contributed by atoms with E-state index in [-0.39, 0.29) is 11.5 Å². The number of hydrogen-bond donors (Lipinski definition) is 2. The van der Waals surface area contributed by atoms with Crippen molar-refractivity contribution in [1.29, 1.82) is 0 Å². The normalized spacial score (nSPS) is 22.4. The summed E-state index contributed by atoms with van der Waals surface area (Å²) in [6.45, 7) is 4.21. The largest absolute Gasteiger partial charge is 0.508 e. The molecule has 18 heavy (non-hydrogen) atoms. The number of rotatable bonds is 2. The Morgan fingerprint density at radius 3 is 2.39 bits per heavy atom. The first-order valence-corrected chi connectivity index (χ1v) is 7.16. The van der Waals surface area contributed by atoms with E-state index >= 15 is 0 Å². The van der Waals surface area contributed by atoms with Gasteiger partial charge in [0.1, 0.15) is 5.75 Å². The van der Waals surface area contributed by atoms with Crippen LogP contribution in [-0.2, 0) is 18.3 Å². The number of phenols is 1. The van der Waals surface area contributed by atoms with Gasteiger partial charge < -0.3 is 10.8 Å². The van der Waals surface area contributed by atoms with Crippen LogP contribution in [0, 0.1) is 6.92 Å². The highest BCUT2D eigenvalue weighted by atomic mass is 16.3. The maximum Gasteiger partial charge on any atom is 0.119 e. The Morgan fingerprint density at radius 1 is 1.22 bits per heavy atom. The van der Waals surface area contributed by atoms with Gasteiger partial charge >= 0.3 is 0 Å². The number of fused-ring (bicyclic) bond motifs is 1. The molecule has 3 rings (SSSR count). The van der Waals surface area contributed by atoms with Crippen LogP contribution in [0.4, 0.5) is 0 Å². The van der Waals surface area contributed by atoms with E-state index < -0.39 is 0 Å². The van der Waals surface area contributed by atoms with Crippen molar-refractivity contribution in [3.8, 4) is 5.75 Å². The van der Waals surface area contributed by atoms with Crippen molar-refractivity contribution in [3.05, 3.63) is 28.3 Å². The molecule has 1 unspecified atom stereocenters. The van der Waals surface area contributed by atoms with Crippen molar-refractivity contribution >= 4 is 0 Å². The highest BCUT2D eigenvalue weighted by Crippen LogP contribution is 2.55. The van der Waals surface area contributed by atoms with E-state index in [1.165, 1.54) is 41.5 Å². The van der Waals surface area contributed by atoms with Gasteiger partial charge in [-0.2, -0.15) is 0 Å². The quantitative estimate of drug-likeness (QED) is 0.841. The molecule has 1 aromatic rings. The third kappa shape index (κ3) is 1.58. The lowest BCUT2D eigenvalue weighted by Gasteiger charge is -2.29. The summed E-state index contributed by atoms with van der Waals surface area (Å²) in [6.07, 6.45) is 7.08. The van der Waals surface area contributed by atoms with Gasteiger partial charge in [-0.15, -0.1) is 0 Å². The maximum absolute atomic E-state index is 10.4. The molecule has 0 bridgehead atoms. The average molecular weight is 245 g/mol. The minimum absolute atomic E-state index is 0.0687. The van der Waals surface area contributed by atoms with Gasteiger partial charge in [0.15, 0.2) is 0 Å². The number of benzene rings is 1. The first-order valence-electron chi connectivity index (χ1n) is 7.16. The molecule has 2 aliphatic rings. The molecule has 98 valence electrons. The van der Waals surface area contributed by atoms with Crippen molar-refractivity contribution < 1.29 is 5.11 Å². The second kappa shape index (κ2) is 3.99. The minimum atomic E-state index is 0.0687. The Bertz CT molecular complexity index is 486. The molecular formula is C16H23NO. The number of hydrogen-bond acceptors (Lipinski definition) is 2. The van der Waals surface area contributed by atoms with E-state index in [0.29, 0.717) is 5.75 Å². The predicted octanol–water partition coefficient (Wildman–Crippen LogP) is 2.96. The third-order valence-electron chi connectivity index (χ3n) is 5.01. The molecule has 0 radical (unpaired) electrons. The minimum Gasteiger partial charge on any atom is -0.508 e. The summed E-state index contributed by atoms with van der Waals surface area (Å²) >= 11 is 0. The monoisotopic (exact) mass is 245 g/mol. The van der Waals surface area contributed by atoms with E-state index in [4.69, 9.17) is 5.73 Å². The van der Waals surface area contributed by atoms with Gasteiger partial charge in [-0.1, -0.05) is 0 Å².